The summed E-state index contributed by atoms with van der Waals surface area (Å²) in [6.07, 6.45) is 5.42. The van der Waals surface area contributed by atoms with Crippen LogP contribution in [0.15, 0.2) is 42.6 Å². The zero-order valence-corrected chi connectivity index (χ0v) is 13.2. The Morgan fingerprint density at radius 2 is 2.05 bits per heavy atom. The Balaban J connectivity index is 1.92. The fourth-order valence-electron chi connectivity index (χ4n) is 2.40. The third-order valence-corrected chi connectivity index (χ3v) is 3.86. The molecule has 1 heterocycles. The number of unbranched alkanes of at least 4 members (excludes halogenated alkanes) is 1. The summed E-state index contributed by atoms with van der Waals surface area (Å²) in [6, 6.07) is 9.39. The highest BCUT2D eigenvalue weighted by atomic mass is 35.5. The van der Waals surface area contributed by atoms with Crippen molar-refractivity contribution in [2.75, 3.05) is 5.88 Å². The normalized spacial score (nSPS) is 17.6. The Labute approximate surface area is 135 Å². The van der Waals surface area contributed by atoms with Crippen LogP contribution in [0.4, 0.5) is 4.79 Å². The smallest absolute Gasteiger partial charge is 0.414 e. The third-order valence-electron chi connectivity index (χ3n) is 3.59. The van der Waals surface area contributed by atoms with Crippen LogP contribution in [-0.4, -0.2) is 28.7 Å². The lowest BCUT2D eigenvalue weighted by Gasteiger charge is -2.30. The van der Waals surface area contributed by atoms with Crippen LogP contribution < -0.4 is 0 Å². The van der Waals surface area contributed by atoms with Gasteiger partial charge in [-0.3, -0.25) is 9.69 Å². The maximum atomic E-state index is 12.2. The molecule has 0 fully saturated rings. The molecule has 4 nitrogen and oxygen atoms in total. The fraction of sp³-hybridized carbons (Fsp3) is 0.412. The molecule has 2 rings (SSSR count). The summed E-state index contributed by atoms with van der Waals surface area (Å²) >= 11 is 5.68. The zero-order valence-electron chi connectivity index (χ0n) is 12.4. The van der Waals surface area contributed by atoms with Gasteiger partial charge < -0.3 is 4.74 Å². The van der Waals surface area contributed by atoms with Crippen LogP contribution in [-0.2, 0) is 16.1 Å². The molecule has 0 saturated heterocycles. The Morgan fingerprint density at radius 1 is 1.27 bits per heavy atom. The number of nitrogens with zero attached hydrogens (tertiary/aromatic N) is 1. The van der Waals surface area contributed by atoms with Crippen molar-refractivity contribution in [3.05, 3.63) is 48.2 Å². The first-order valence-corrected chi connectivity index (χ1v) is 8.00. The van der Waals surface area contributed by atoms with Crippen molar-refractivity contribution < 1.29 is 14.3 Å². The molecule has 1 aliphatic rings. The van der Waals surface area contributed by atoms with Crippen LogP contribution in [0.1, 0.15) is 31.2 Å². The number of ether oxygens (including phenoxy) is 1. The average molecular weight is 322 g/mol. The van der Waals surface area contributed by atoms with E-state index < -0.39 is 6.09 Å². The second kappa shape index (κ2) is 8.59. The van der Waals surface area contributed by atoms with Crippen LogP contribution in [0.2, 0.25) is 0 Å². The van der Waals surface area contributed by atoms with Gasteiger partial charge in [0.25, 0.3) is 0 Å². The quantitative estimate of drug-likeness (QED) is 0.590. The molecule has 0 N–H and O–H groups in total. The van der Waals surface area contributed by atoms with Gasteiger partial charge in [0.1, 0.15) is 6.61 Å². The van der Waals surface area contributed by atoms with Crippen molar-refractivity contribution in [3.63, 3.8) is 0 Å². The average Bonchev–Trinajstić information content (AvgIpc) is 2.54. The molecule has 0 aliphatic carbocycles. The predicted octanol–water partition coefficient (Wildman–Crippen LogP) is 3.89. The minimum Gasteiger partial charge on any atom is -0.444 e. The maximum Gasteiger partial charge on any atom is 0.414 e. The topological polar surface area (TPSA) is 46.6 Å². The van der Waals surface area contributed by atoms with Crippen molar-refractivity contribution in [2.24, 2.45) is 0 Å². The van der Waals surface area contributed by atoms with E-state index in [1.807, 2.05) is 30.3 Å². The van der Waals surface area contributed by atoms with E-state index >= 15 is 0 Å². The molecule has 22 heavy (non-hydrogen) atoms. The van der Waals surface area contributed by atoms with E-state index in [1.54, 1.807) is 0 Å². The van der Waals surface area contributed by atoms with E-state index in [1.165, 1.54) is 17.2 Å². The summed E-state index contributed by atoms with van der Waals surface area (Å²) in [5.74, 6) is 0.637. The van der Waals surface area contributed by atoms with Crippen molar-refractivity contribution >= 4 is 23.5 Å². The number of carbonyl (C=O) groups excluding carboxylic acids is 2. The first-order chi connectivity index (χ1) is 10.7. The van der Waals surface area contributed by atoms with Gasteiger partial charge in [-0.15, -0.1) is 11.6 Å². The number of alkyl halides is 1. The van der Waals surface area contributed by atoms with Gasteiger partial charge in [0.05, 0.1) is 0 Å². The molecule has 1 aromatic rings. The molecule has 1 aliphatic heterocycles. The van der Waals surface area contributed by atoms with E-state index in [0.717, 1.165) is 24.8 Å². The van der Waals surface area contributed by atoms with E-state index in [-0.39, 0.29) is 18.4 Å². The highest BCUT2D eigenvalue weighted by Gasteiger charge is 2.27. The highest BCUT2D eigenvalue weighted by Crippen LogP contribution is 2.20. The van der Waals surface area contributed by atoms with Gasteiger partial charge in [-0.25, -0.2) is 4.79 Å². The molecule has 0 unspecified atom stereocenters. The lowest BCUT2D eigenvalue weighted by molar-refractivity contribution is -0.116. The van der Waals surface area contributed by atoms with Gasteiger partial charge >= 0.3 is 6.09 Å². The summed E-state index contributed by atoms with van der Waals surface area (Å²) < 4.78 is 5.34. The monoisotopic (exact) mass is 321 g/mol. The van der Waals surface area contributed by atoms with Gasteiger partial charge in [0.15, 0.2) is 5.78 Å². The Morgan fingerprint density at radius 3 is 2.77 bits per heavy atom. The lowest BCUT2D eigenvalue weighted by Crippen LogP contribution is -2.40. The number of allylic oxidation sites excluding steroid dienone is 1. The van der Waals surface area contributed by atoms with Crippen molar-refractivity contribution in [2.45, 2.75) is 38.3 Å². The van der Waals surface area contributed by atoms with Gasteiger partial charge in [0.2, 0.25) is 0 Å². The molecule has 118 valence electrons. The largest absolute Gasteiger partial charge is 0.444 e. The lowest BCUT2D eigenvalue weighted by atomic mass is 10.0. The molecule has 0 spiro atoms. The summed E-state index contributed by atoms with van der Waals surface area (Å²) in [5, 5.41) is 0. The molecule has 0 radical (unpaired) electrons. The van der Waals surface area contributed by atoms with Gasteiger partial charge in [0, 0.05) is 24.5 Å². The molecule has 1 amide bonds. The SMILES string of the molecule is O=C1C=CN(C(=O)OCc2ccccc2)[C@@H](CCCCCl)C1. The summed E-state index contributed by atoms with van der Waals surface area (Å²) in [6.45, 7) is 0.229. The maximum absolute atomic E-state index is 12.2. The first-order valence-electron chi connectivity index (χ1n) is 7.46. The minimum absolute atomic E-state index is 0.0444. The van der Waals surface area contributed by atoms with E-state index in [4.69, 9.17) is 16.3 Å². The number of benzene rings is 1. The van der Waals surface area contributed by atoms with Crippen LogP contribution in [0.25, 0.3) is 0 Å². The predicted molar refractivity (Wildman–Crippen MR) is 85.6 cm³/mol. The zero-order chi connectivity index (χ0) is 15.8. The number of hydrogen-bond donors (Lipinski definition) is 0. The number of rotatable bonds is 6. The minimum atomic E-state index is -0.413. The van der Waals surface area contributed by atoms with Crippen LogP contribution >= 0.6 is 11.6 Å². The summed E-state index contributed by atoms with van der Waals surface area (Å²) in [5.41, 5.74) is 0.937. The Hall–Kier alpha value is -1.81. The van der Waals surface area contributed by atoms with E-state index in [2.05, 4.69) is 0 Å². The van der Waals surface area contributed by atoms with Gasteiger partial charge in [-0.2, -0.15) is 0 Å². The van der Waals surface area contributed by atoms with Crippen molar-refractivity contribution in [1.82, 2.24) is 4.90 Å². The van der Waals surface area contributed by atoms with E-state index in [0.29, 0.717) is 12.3 Å². The van der Waals surface area contributed by atoms with Gasteiger partial charge in [-0.1, -0.05) is 36.8 Å². The Kier molecular flexibility index (Phi) is 6.46. The van der Waals surface area contributed by atoms with E-state index in [9.17, 15) is 9.59 Å². The van der Waals surface area contributed by atoms with Crippen LogP contribution in [0.3, 0.4) is 0 Å². The van der Waals surface area contributed by atoms with Crippen LogP contribution in [0, 0.1) is 0 Å². The highest BCUT2D eigenvalue weighted by molar-refractivity contribution is 6.17. The van der Waals surface area contributed by atoms with Crippen molar-refractivity contribution in [3.8, 4) is 0 Å². The number of carbonyl (C=O) groups is 2. The molecule has 0 aromatic heterocycles. The Bertz CT molecular complexity index is 530. The second-order valence-electron chi connectivity index (χ2n) is 5.27. The molecule has 1 atom stereocenters. The first kappa shape index (κ1) is 16.6. The van der Waals surface area contributed by atoms with Crippen LogP contribution in [0.5, 0.6) is 0 Å². The number of ketones is 1. The molecular weight excluding hydrogens is 302 g/mol. The second-order valence-corrected chi connectivity index (χ2v) is 5.65. The molecule has 0 saturated carbocycles. The molecular formula is C17H20ClNO3. The van der Waals surface area contributed by atoms with Gasteiger partial charge in [-0.05, 0) is 24.5 Å². The molecule has 5 heteroatoms. The fourth-order valence-corrected chi connectivity index (χ4v) is 2.59. The summed E-state index contributed by atoms with van der Waals surface area (Å²) in [7, 11) is 0. The number of amides is 1. The summed E-state index contributed by atoms with van der Waals surface area (Å²) in [4.78, 5) is 25.3. The third kappa shape index (κ3) is 4.88. The number of hydrogen-bond acceptors (Lipinski definition) is 3. The molecule has 1 aromatic carbocycles. The number of halogens is 1. The van der Waals surface area contributed by atoms with Crippen molar-refractivity contribution in [1.29, 1.82) is 0 Å². The standard InChI is InChI=1S/C17H20ClNO3/c18-10-5-4-8-15-12-16(20)9-11-19(15)17(21)22-13-14-6-2-1-3-7-14/h1-3,6-7,9,11,15H,4-5,8,10,12-13H2/t15-/m0/s1. The molecule has 0 bridgehead atoms.